The molecule has 0 radical (unpaired) electrons. The molecule has 0 atom stereocenters. The minimum absolute atomic E-state index is 0.0501. The van der Waals surface area contributed by atoms with Crippen LogP contribution in [0.3, 0.4) is 0 Å². The molecule has 8 nitrogen and oxygen atoms in total. The number of rotatable bonds is 9. The van der Waals surface area contributed by atoms with Crippen LogP contribution >= 0.6 is 0 Å². The lowest BCUT2D eigenvalue weighted by atomic mass is 9.92. The van der Waals surface area contributed by atoms with Gasteiger partial charge in [0, 0.05) is 22.5 Å². The predicted molar refractivity (Wildman–Crippen MR) is 173 cm³/mol. The van der Waals surface area contributed by atoms with E-state index in [1.165, 1.54) is 48.5 Å². The zero-order chi connectivity index (χ0) is 33.3. The Morgan fingerprint density at radius 3 is 1.22 bits per heavy atom. The Balaban J connectivity index is 0.000000248. The van der Waals surface area contributed by atoms with Gasteiger partial charge < -0.3 is 30.4 Å². The summed E-state index contributed by atoms with van der Waals surface area (Å²) in [7, 11) is 0. The third-order valence-electron chi connectivity index (χ3n) is 7.21. The van der Waals surface area contributed by atoms with Crippen LogP contribution in [-0.4, -0.2) is 23.8 Å². The van der Waals surface area contributed by atoms with Crippen molar-refractivity contribution in [3.8, 4) is 0 Å². The number of para-hydroxylation sites is 2. The Kier molecular flexibility index (Phi) is 11.8. The smallest absolute Gasteiger partial charge is 0.255 e. The lowest BCUT2D eigenvalue weighted by Crippen LogP contribution is -2.22. The summed E-state index contributed by atoms with van der Waals surface area (Å²) in [6, 6.07) is 25.1. The summed E-state index contributed by atoms with van der Waals surface area (Å²) in [5.41, 5.74) is 5.75. The van der Waals surface area contributed by atoms with Gasteiger partial charge in [-0.1, -0.05) is 102 Å². The number of carbonyl (C=O) groups excluding carboxylic acids is 4. The zero-order valence-electron chi connectivity index (χ0n) is 26.3. The van der Waals surface area contributed by atoms with Crippen molar-refractivity contribution < 1.29 is 29.4 Å². The molecule has 0 aliphatic heterocycles. The maximum absolute atomic E-state index is 12.6. The van der Waals surface area contributed by atoms with Crippen LogP contribution in [-0.2, 0) is 0 Å². The summed E-state index contributed by atoms with van der Waals surface area (Å²) in [6.45, 7) is 12.5. The van der Waals surface area contributed by atoms with Crippen LogP contribution in [0.15, 0.2) is 91.0 Å². The fraction of sp³-hybridized carbons (Fsp3) is 0.243. The van der Waals surface area contributed by atoms with Crippen molar-refractivity contribution >= 4 is 35.1 Å². The SMILES string of the molecule is CC(C)c1cccc(C(C)C)c1NC(=O)c1ccc(C(=O)[O-])cc1.CC(C)c1ccccc1NC(=O)c1ccc(C(=O)[O-])cc1. The molecule has 0 aliphatic carbocycles. The van der Waals surface area contributed by atoms with E-state index in [1.54, 1.807) is 0 Å². The molecule has 0 spiro atoms. The molecular formula is C37H38N2O6-2. The zero-order valence-corrected chi connectivity index (χ0v) is 26.3. The number of anilines is 2. The van der Waals surface area contributed by atoms with Crippen LogP contribution in [0, 0.1) is 0 Å². The number of aromatic carboxylic acids is 2. The summed E-state index contributed by atoms with van der Waals surface area (Å²) >= 11 is 0. The first kappa shape index (κ1) is 34.3. The molecule has 2 amide bonds. The van der Waals surface area contributed by atoms with Gasteiger partial charge in [0.2, 0.25) is 0 Å². The van der Waals surface area contributed by atoms with E-state index < -0.39 is 11.9 Å². The molecule has 0 heterocycles. The standard InChI is InChI=1S/C20H23NO3.C17H17NO3/c1-12(2)16-6-5-7-17(13(3)4)18(16)21-19(22)14-8-10-15(11-9-14)20(23)24;1-11(2)14-5-3-4-6-15(14)18-16(19)12-7-9-13(10-8-12)17(20)21/h5-13H,1-4H3,(H,21,22)(H,23,24);3-11H,1-2H3,(H,18,19)(H,20,21)/p-2. The largest absolute Gasteiger partial charge is 0.545 e. The Labute approximate surface area is 264 Å². The lowest BCUT2D eigenvalue weighted by molar-refractivity contribution is -0.256. The monoisotopic (exact) mass is 606 g/mol. The van der Waals surface area contributed by atoms with Crippen molar-refractivity contribution in [3.63, 3.8) is 0 Å². The minimum atomic E-state index is -1.26. The summed E-state index contributed by atoms with van der Waals surface area (Å²) in [5, 5.41) is 27.3. The van der Waals surface area contributed by atoms with Gasteiger partial charge >= 0.3 is 0 Å². The van der Waals surface area contributed by atoms with Crippen molar-refractivity contribution in [2.24, 2.45) is 0 Å². The maximum Gasteiger partial charge on any atom is 0.255 e. The fourth-order valence-electron chi connectivity index (χ4n) is 4.71. The van der Waals surface area contributed by atoms with E-state index in [9.17, 15) is 29.4 Å². The van der Waals surface area contributed by atoms with Crippen LogP contribution in [0.25, 0.3) is 0 Å². The summed E-state index contributed by atoms with van der Waals surface area (Å²) < 4.78 is 0. The van der Waals surface area contributed by atoms with Gasteiger partial charge in [-0.15, -0.1) is 0 Å². The number of carboxylic acids is 2. The Bertz CT molecular complexity index is 1630. The van der Waals surface area contributed by atoms with Gasteiger partial charge in [0.25, 0.3) is 11.8 Å². The third-order valence-corrected chi connectivity index (χ3v) is 7.21. The second-order valence-corrected chi connectivity index (χ2v) is 11.5. The average molecular weight is 607 g/mol. The van der Waals surface area contributed by atoms with Gasteiger partial charge in [-0.2, -0.15) is 0 Å². The van der Waals surface area contributed by atoms with Gasteiger partial charge in [0.15, 0.2) is 0 Å². The highest BCUT2D eigenvalue weighted by molar-refractivity contribution is 6.06. The van der Waals surface area contributed by atoms with Crippen LogP contribution in [0.4, 0.5) is 11.4 Å². The van der Waals surface area contributed by atoms with Crippen molar-refractivity contribution in [3.05, 3.63) is 130 Å². The summed E-state index contributed by atoms with van der Waals surface area (Å²) in [5.74, 6) is -2.19. The molecule has 0 saturated heterocycles. The van der Waals surface area contributed by atoms with Gasteiger partial charge in [-0.3, -0.25) is 9.59 Å². The van der Waals surface area contributed by atoms with E-state index >= 15 is 0 Å². The van der Waals surface area contributed by atoms with Crippen molar-refractivity contribution in [2.45, 2.75) is 59.3 Å². The predicted octanol–water partition coefficient (Wildman–Crippen LogP) is 5.98. The van der Waals surface area contributed by atoms with E-state index in [4.69, 9.17) is 0 Å². The maximum atomic E-state index is 12.6. The quantitative estimate of drug-likeness (QED) is 0.241. The molecule has 2 N–H and O–H groups in total. The molecule has 0 fully saturated rings. The molecule has 0 saturated carbocycles. The topological polar surface area (TPSA) is 138 Å². The van der Waals surface area contributed by atoms with Crippen LogP contribution in [0.1, 0.15) is 117 Å². The summed E-state index contributed by atoms with van der Waals surface area (Å²) in [4.78, 5) is 46.2. The van der Waals surface area contributed by atoms with Crippen LogP contribution < -0.4 is 20.8 Å². The van der Waals surface area contributed by atoms with Crippen molar-refractivity contribution in [1.29, 1.82) is 0 Å². The van der Waals surface area contributed by atoms with Crippen LogP contribution in [0.5, 0.6) is 0 Å². The first-order valence-electron chi connectivity index (χ1n) is 14.8. The average Bonchev–Trinajstić information content (AvgIpc) is 3.01. The Morgan fingerprint density at radius 1 is 0.467 bits per heavy atom. The van der Waals surface area contributed by atoms with Gasteiger partial charge in [-0.05, 0) is 75.9 Å². The Morgan fingerprint density at radius 2 is 0.822 bits per heavy atom. The highest BCUT2D eigenvalue weighted by Gasteiger charge is 2.17. The van der Waals surface area contributed by atoms with E-state index in [0.29, 0.717) is 17.0 Å². The number of nitrogens with one attached hydrogen (secondary N) is 2. The number of hydrogen-bond acceptors (Lipinski definition) is 6. The summed E-state index contributed by atoms with van der Waals surface area (Å²) in [6.07, 6.45) is 0. The van der Waals surface area contributed by atoms with E-state index in [2.05, 4.69) is 52.2 Å². The molecular weight excluding hydrogens is 568 g/mol. The minimum Gasteiger partial charge on any atom is -0.545 e. The fourth-order valence-corrected chi connectivity index (χ4v) is 4.71. The normalized spacial score (nSPS) is 10.7. The molecule has 4 aromatic carbocycles. The molecule has 234 valence electrons. The van der Waals surface area contributed by atoms with Crippen molar-refractivity contribution in [1.82, 2.24) is 0 Å². The second kappa shape index (κ2) is 15.5. The third kappa shape index (κ3) is 9.13. The van der Waals surface area contributed by atoms with Gasteiger partial charge in [-0.25, -0.2) is 0 Å². The first-order valence-corrected chi connectivity index (χ1v) is 14.8. The van der Waals surface area contributed by atoms with E-state index in [0.717, 1.165) is 28.1 Å². The molecule has 4 aromatic rings. The molecule has 0 bridgehead atoms. The molecule has 4 rings (SSSR count). The molecule has 0 aliphatic rings. The highest BCUT2D eigenvalue weighted by Crippen LogP contribution is 2.32. The van der Waals surface area contributed by atoms with Crippen molar-refractivity contribution in [2.75, 3.05) is 10.6 Å². The number of carbonyl (C=O) groups is 4. The lowest BCUT2D eigenvalue weighted by Gasteiger charge is -2.20. The van der Waals surface area contributed by atoms with Crippen LogP contribution in [0.2, 0.25) is 0 Å². The Hall–Kier alpha value is -5.24. The van der Waals surface area contributed by atoms with E-state index in [-0.39, 0.29) is 34.8 Å². The highest BCUT2D eigenvalue weighted by atomic mass is 16.4. The number of carboxylic acid groups (broad SMARTS) is 2. The number of benzene rings is 4. The molecule has 0 aromatic heterocycles. The number of amides is 2. The molecule has 0 unspecified atom stereocenters. The second-order valence-electron chi connectivity index (χ2n) is 11.5. The molecule has 45 heavy (non-hydrogen) atoms. The number of hydrogen-bond donors (Lipinski definition) is 2. The van der Waals surface area contributed by atoms with Gasteiger partial charge in [0.05, 0.1) is 11.9 Å². The van der Waals surface area contributed by atoms with Gasteiger partial charge in [0.1, 0.15) is 0 Å². The van der Waals surface area contributed by atoms with E-state index in [1.807, 2.05) is 42.5 Å². The molecule has 8 heteroatoms. The first-order chi connectivity index (χ1) is 21.3.